The van der Waals surface area contributed by atoms with Gasteiger partial charge in [-0.2, -0.15) is 10.2 Å². The molecule has 0 saturated heterocycles. The Balaban J connectivity index is 2.41. The molecular formula is C8H8N2O. The highest BCUT2D eigenvalue weighted by Crippen LogP contribution is 2.14. The maximum Gasteiger partial charge on any atom is 0.137 e. The maximum atomic E-state index is 11.0. The fourth-order valence-corrected chi connectivity index (χ4v) is 1.32. The van der Waals surface area contributed by atoms with E-state index in [0.717, 1.165) is 17.7 Å². The Morgan fingerprint density at radius 3 is 3.18 bits per heavy atom. The van der Waals surface area contributed by atoms with E-state index in [-0.39, 0.29) is 0 Å². The van der Waals surface area contributed by atoms with Crippen molar-refractivity contribution in [1.29, 1.82) is 0 Å². The molecule has 0 atom stereocenters. The number of aryl methyl sites for hydroxylation is 1. The van der Waals surface area contributed by atoms with Crippen LogP contribution in [0.5, 0.6) is 0 Å². The lowest BCUT2D eigenvalue weighted by molar-refractivity contribution is -0.118. The van der Waals surface area contributed by atoms with Crippen LogP contribution in [0.15, 0.2) is 12.3 Å². The van der Waals surface area contributed by atoms with Crippen molar-refractivity contribution in [2.24, 2.45) is 0 Å². The second-order valence-corrected chi connectivity index (χ2v) is 2.72. The highest BCUT2D eigenvalue weighted by Gasteiger charge is 2.15. The summed E-state index contributed by atoms with van der Waals surface area (Å²) >= 11 is 0. The van der Waals surface area contributed by atoms with Crippen LogP contribution in [0.3, 0.4) is 0 Å². The zero-order valence-corrected chi connectivity index (χ0v) is 6.08. The molecule has 0 radical (unpaired) electrons. The monoisotopic (exact) mass is 148 g/mol. The molecule has 3 heteroatoms. The summed E-state index contributed by atoms with van der Waals surface area (Å²) in [5, 5.41) is 7.71. The zero-order chi connectivity index (χ0) is 7.68. The number of hydrogen-bond donors (Lipinski definition) is 0. The van der Waals surface area contributed by atoms with Crippen LogP contribution in [0.4, 0.5) is 0 Å². The van der Waals surface area contributed by atoms with E-state index in [2.05, 4.69) is 10.2 Å². The predicted molar refractivity (Wildman–Crippen MR) is 39.1 cm³/mol. The van der Waals surface area contributed by atoms with E-state index in [1.165, 1.54) is 0 Å². The highest BCUT2D eigenvalue weighted by atomic mass is 16.1. The first kappa shape index (κ1) is 6.46. The van der Waals surface area contributed by atoms with Crippen LogP contribution in [-0.2, 0) is 17.6 Å². The van der Waals surface area contributed by atoms with E-state index in [1.807, 2.05) is 6.07 Å². The first-order valence-electron chi connectivity index (χ1n) is 3.67. The van der Waals surface area contributed by atoms with E-state index in [4.69, 9.17) is 0 Å². The molecule has 1 heterocycles. The summed E-state index contributed by atoms with van der Waals surface area (Å²) in [6, 6.07) is 1.87. The molecule has 0 spiro atoms. The van der Waals surface area contributed by atoms with Crippen LogP contribution in [0.1, 0.15) is 17.7 Å². The Morgan fingerprint density at radius 1 is 1.36 bits per heavy atom. The first-order valence-corrected chi connectivity index (χ1v) is 3.67. The molecule has 0 bridgehead atoms. The molecule has 3 nitrogen and oxygen atoms in total. The van der Waals surface area contributed by atoms with Crippen molar-refractivity contribution in [3.63, 3.8) is 0 Å². The summed E-state index contributed by atoms with van der Waals surface area (Å²) in [7, 11) is 0. The van der Waals surface area contributed by atoms with E-state index in [0.29, 0.717) is 18.6 Å². The average Bonchev–Trinajstić information content (AvgIpc) is 2.04. The van der Waals surface area contributed by atoms with Crippen LogP contribution < -0.4 is 0 Å². The summed E-state index contributed by atoms with van der Waals surface area (Å²) < 4.78 is 0. The minimum Gasteiger partial charge on any atom is -0.299 e. The topological polar surface area (TPSA) is 42.9 Å². The Bertz CT molecular complexity index is 296. The van der Waals surface area contributed by atoms with Gasteiger partial charge in [0.2, 0.25) is 0 Å². The van der Waals surface area contributed by atoms with Crippen molar-refractivity contribution in [3.05, 3.63) is 23.5 Å². The molecule has 0 saturated carbocycles. The number of carbonyl (C=O) groups is 1. The lowest BCUT2D eigenvalue weighted by atomic mass is 9.96. The lowest BCUT2D eigenvalue weighted by Crippen LogP contribution is -2.14. The third-order valence-electron chi connectivity index (χ3n) is 1.92. The lowest BCUT2D eigenvalue weighted by Gasteiger charge is -2.11. The van der Waals surface area contributed by atoms with Gasteiger partial charge in [-0.1, -0.05) is 0 Å². The van der Waals surface area contributed by atoms with E-state index in [9.17, 15) is 4.79 Å². The van der Waals surface area contributed by atoms with E-state index < -0.39 is 0 Å². The van der Waals surface area contributed by atoms with Crippen molar-refractivity contribution in [1.82, 2.24) is 10.2 Å². The number of Topliss-reactive ketones (excluding diaryl/α,β-unsaturated/α-hetero) is 1. The molecule has 0 aliphatic heterocycles. The summed E-state index contributed by atoms with van der Waals surface area (Å²) in [5.74, 6) is 0.311. The van der Waals surface area contributed by atoms with Gasteiger partial charge >= 0.3 is 0 Å². The molecule has 1 aliphatic carbocycles. The smallest absolute Gasteiger partial charge is 0.137 e. The van der Waals surface area contributed by atoms with Gasteiger partial charge in [-0.3, -0.25) is 4.79 Å². The van der Waals surface area contributed by atoms with Gasteiger partial charge in [0.25, 0.3) is 0 Å². The molecule has 11 heavy (non-hydrogen) atoms. The quantitative estimate of drug-likeness (QED) is 0.539. The number of ketones is 1. The number of hydrogen-bond acceptors (Lipinski definition) is 3. The predicted octanol–water partition coefficient (Wildman–Crippen LogP) is 0.534. The molecule has 0 amide bonds. The van der Waals surface area contributed by atoms with E-state index >= 15 is 0 Å². The number of fused-ring (bicyclic) bond motifs is 1. The normalized spacial score (nSPS) is 16.2. The van der Waals surface area contributed by atoms with Crippen molar-refractivity contribution in [2.45, 2.75) is 19.3 Å². The summed E-state index contributed by atoms with van der Waals surface area (Å²) in [4.78, 5) is 11.0. The molecule has 0 aromatic carbocycles. The van der Waals surface area contributed by atoms with Crippen LogP contribution in [0.25, 0.3) is 0 Å². The van der Waals surface area contributed by atoms with Gasteiger partial charge in [0.15, 0.2) is 0 Å². The van der Waals surface area contributed by atoms with Crippen LogP contribution in [-0.4, -0.2) is 16.0 Å². The van der Waals surface area contributed by atoms with Gasteiger partial charge in [0.05, 0.1) is 5.69 Å². The molecule has 0 N–H and O–H groups in total. The minimum absolute atomic E-state index is 0.311. The highest BCUT2D eigenvalue weighted by molar-refractivity contribution is 5.82. The minimum atomic E-state index is 0.311. The third-order valence-corrected chi connectivity index (χ3v) is 1.92. The second-order valence-electron chi connectivity index (χ2n) is 2.72. The average molecular weight is 148 g/mol. The van der Waals surface area contributed by atoms with Gasteiger partial charge in [-0.25, -0.2) is 0 Å². The van der Waals surface area contributed by atoms with Crippen molar-refractivity contribution in [2.75, 3.05) is 0 Å². The molecule has 1 aromatic rings. The number of carbonyl (C=O) groups excluding carboxylic acids is 1. The van der Waals surface area contributed by atoms with Crippen molar-refractivity contribution < 1.29 is 4.79 Å². The number of nitrogens with zero attached hydrogens (tertiary/aromatic N) is 2. The van der Waals surface area contributed by atoms with Crippen LogP contribution >= 0.6 is 0 Å². The molecule has 0 fully saturated rings. The van der Waals surface area contributed by atoms with Crippen molar-refractivity contribution >= 4 is 5.78 Å². The van der Waals surface area contributed by atoms with Gasteiger partial charge in [0, 0.05) is 19.0 Å². The maximum absolute atomic E-state index is 11.0. The fraction of sp³-hybridized carbons (Fsp3) is 0.375. The number of rotatable bonds is 0. The van der Waals surface area contributed by atoms with Gasteiger partial charge in [-0.15, -0.1) is 0 Å². The first-order chi connectivity index (χ1) is 5.36. The largest absolute Gasteiger partial charge is 0.299 e. The zero-order valence-electron chi connectivity index (χ0n) is 6.08. The van der Waals surface area contributed by atoms with Crippen LogP contribution in [0, 0.1) is 0 Å². The molecule has 0 unspecified atom stereocenters. The second kappa shape index (κ2) is 2.42. The summed E-state index contributed by atoms with van der Waals surface area (Å²) in [5.41, 5.74) is 2.04. The van der Waals surface area contributed by atoms with Gasteiger partial charge in [-0.05, 0) is 18.1 Å². The number of aromatic nitrogens is 2. The molecule has 1 aromatic heterocycles. The van der Waals surface area contributed by atoms with Crippen molar-refractivity contribution in [3.8, 4) is 0 Å². The third kappa shape index (κ3) is 1.13. The molecule has 1 aliphatic rings. The van der Waals surface area contributed by atoms with Gasteiger partial charge in [0.1, 0.15) is 5.78 Å². The Hall–Kier alpha value is -1.25. The fourth-order valence-electron chi connectivity index (χ4n) is 1.32. The standard InChI is InChI=1S/C8H8N2O/c11-7-1-2-8-6(5-7)3-4-9-10-8/h3-4H,1-2,5H2. The van der Waals surface area contributed by atoms with Crippen LogP contribution in [0.2, 0.25) is 0 Å². The molecule has 56 valence electrons. The SMILES string of the molecule is O=C1CCc2nnccc2C1. The summed E-state index contributed by atoms with van der Waals surface area (Å²) in [6.07, 6.45) is 3.58. The van der Waals surface area contributed by atoms with E-state index in [1.54, 1.807) is 6.20 Å². The Labute approximate surface area is 64.5 Å². The molecular weight excluding hydrogens is 140 g/mol. The summed E-state index contributed by atoms with van der Waals surface area (Å²) in [6.45, 7) is 0. The van der Waals surface area contributed by atoms with Gasteiger partial charge < -0.3 is 0 Å². The Kier molecular flexibility index (Phi) is 1.42. The Morgan fingerprint density at radius 2 is 2.27 bits per heavy atom. The molecule has 2 rings (SSSR count).